The zero-order valence-corrected chi connectivity index (χ0v) is 10.1. The molecule has 0 atom stereocenters. The fourth-order valence-electron chi connectivity index (χ4n) is 1.53. The lowest BCUT2D eigenvalue weighted by Crippen LogP contribution is -1.91. The summed E-state index contributed by atoms with van der Waals surface area (Å²) in [6, 6.07) is 6.19. The highest BCUT2D eigenvalue weighted by Crippen LogP contribution is 2.15. The van der Waals surface area contributed by atoms with Gasteiger partial charge in [-0.15, -0.1) is 0 Å². The number of fused-ring (bicyclic) bond motifs is 1. The van der Waals surface area contributed by atoms with Gasteiger partial charge in [-0.25, -0.2) is 9.97 Å². The minimum atomic E-state index is 0.859. The third kappa shape index (κ3) is 2.52. The third-order valence-electron chi connectivity index (χ3n) is 2.15. The van der Waals surface area contributed by atoms with Crippen LogP contribution in [0.1, 0.15) is 30.8 Å². The summed E-state index contributed by atoms with van der Waals surface area (Å²) in [6.45, 7) is 10.1. The van der Waals surface area contributed by atoms with Crippen LogP contribution in [0, 0.1) is 20.8 Å². The quantitative estimate of drug-likeness (QED) is 0.652. The predicted molar refractivity (Wildman–Crippen MR) is 65.1 cm³/mol. The Hall–Kier alpha value is -1.44. The molecule has 2 nitrogen and oxygen atoms in total. The molecule has 0 saturated heterocycles. The van der Waals surface area contributed by atoms with Crippen LogP contribution in [0.15, 0.2) is 18.2 Å². The maximum atomic E-state index is 4.39. The van der Waals surface area contributed by atoms with Crippen LogP contribution in [-0.2, 0) is 0 Å². The summed E-state index contributed by atoms with van der Waals surface area (Å²) in [5.74, 6) is 0. The summed E-state index contributed by atoms with van der Waals surface area (Å²) in [6.07, 6.45) is 0. The molecule has 0 aliphatic heterocycles. The zero-order valence-electron chi connectivity index (χ0n) is 10.1. The first-order valence-electron chi connectivity index (χ1n) is 5.38. The summed E-state index contributed by atoms with van der Waals surface area (Å²) in [5.41, 5.74) is 4.15. The van der Waals surface area contributed by atoms with Gasteiger partial charge >= 0.3 is 0 Å². The topological polar surface area (TPSA) is 25.8 Å². The monoisotopic (exact) mass is 202 g/mol. The molecule has 0 unspecified atom stereocenters. The summed E-state index contributed by atoms with van der Waals surface area (Å²) in [5, 5.41) is 1.15. The van der Waals surface area contributed by atoms with Crippen LogP contribution in [0.3, 0.4) is 0 Å². The van der Waals surface area contributed by atoms with E-state index in [0.717, 1.165) is 22.4 Å². The Bertz CT molecular complexity index is 456. The molecule has 0 amide bonds. The van der Waals surface area contributed by atoms with Crippen LogP contribution >= 0.6 is 0 Å². The van der Waals surface area contributed by atoms with Crippen molar-refractivity contribution in [1.29, 1.82) is 0 Å². The first kappa shape index (κ1) is 11.6. The van der Waals surface area contributed by atoms with Gasteiger partial charge in [0.15, 0.2) is 5.65 Å². The molecule has 2 aromatic heterocycles. The van der Waals surface area contributed by atoms with E-state index in [1.165, 1.54) is 5.56 Å². The smallest absolute Gasteiger partial charge is 0.159 e. The molecular weight excluding hydrogens is 184 g/mol. The molecule has 0 aromatic carbocycles. The maximum absolute atomic E-state index is 4.39. The molecule has 15 heavy (non-hydrogen) atoms. The Morgan fingerprint density at radius 1 is 0.867 bits per heavy atom. The second-order valence-corrected chi connectivity index (χ2v) is 3.40. The number of hydrogen-bond donors (Lipinski definition) is 0. The van der Waals surface area contributed by atoms with Crippen molar-refractivity contribution in [1.82, 2.24) is 9.97 Å². The summed E-state index contributed by atoms with van der Waals surface area (Å²) >= 11 is 0. The third-order valence-corrected chi connectivity index (χ3v) is 2.15. The molecule has 0 fully saturated rings. The molecule has 0 bridgehead atoms. The molecule has 2 heteroatoms. The largest absolute Gasteiger partial charge is 0.233 e. The summed E-state index contributed by atoms with van der Waals surface area (Å²) in [4.78, 5) is 8.77. The average Bonchev–Trinajstić information content (AvgIpc) is 2.19. The van der Waals surface area contributed by atoms with Crippen molar-refractivity contribution >= 4 is 11.0 Å². The van der Waals surface area contributed by atoms with Crippen molar-refractivity contribution in [2.75, 3.05) is 0 Å². The zero-order chi connectivity index (χ0) is 11.4. The van der Waals surface area contributed by atoms with Crippen molar-refractivity contribution in [2.24, 2.45) is 0 Å². The van der Waals surface area contributed by atoms with Crippen LogP contribution in [-0.4, -0.2) is 9.97 Å². The Labute approximate surface area is 91.4 Å². The number of aryl methyl sites for hydroxylation is 3. The highest BCUT2D eigenvalue weighted by Gasteiger charge is 2.00. The van der Waals surface area contributed by atoms with Gasteiger partial charge in [0.1, 0.15) is 0 Å². The van der Waals surface area contributed by atoms with Gasteiger partial charge in [-0.05, 0) is 44.5 Å². The molecule has 0 radical (unpaired) electrons. The standard InChI is InChI=1S/C11H12N2.C2H6/c1-7-6-9(3)13-11-10(7)5-4-8(2)12-11;1-2/h4-6H,1-3H3;1-2H3. The van der Waals surface area contributed by atoms with Gasteiger partial charge in [0, 0.05) is 16.8 Å². The van der Waals surface area contributed by atoms with Gasteiger partial charge in [-0.3, -0.25) is 0 Å². The fraction of sp³-hybridized carbons (Fsp3) is 0.385. The van der Waals surface area contributed by atoms with Crippen LogP contribution in [0.4, 0.5) is 0 Å². The molecule has 0 aliphatic rings. The van der Waals surface area contributed by atoms with Crippen LogP contribution in [0.25, 0.3) is 11.0 Å². The van der Waals surface area contributed by atoms with Crippen molar-refractivity contribution in [3.63, 3.8) is 0 Å². The number of rotatable bonds is 0. The Morgan fingerprint density at radius 3 is 2.13 bits per heavy atom. The van der Waals surface area contributed by atoms with E-state index >= 15 is 0 Å². The van der Waals surface area contributed by atoms with E-state index in [1.807, 2.05) is 33.8 Å². The van der Waals surface area contributed by atoms with Crippen LogP contribution in [0.5, 0.6) is 0 Å². The number of hydrogen-bond acceptors (Lipinski definition) is 2. The number of pyridine rings is 2. The van der Waals surface area contributed by atoms with Crippen molar-refractivity contribution < 1.29 is 0 Å². The summed E-state index contributed by atoms with van der Waals surface area (Å²) < 4.78 is 0. The highest BCUT2D eigenvalue weighted by atomic mass is 14.9. The van der Waals surface area contributed by atoms with Gasteiger partial charge in [0.2, 0.25) is 0 Å². The lowest BCUT2D eigenvalue weighted by atomic mass is 10.1. The lowest BCUT2D eigenvalue weighted by Gasteiger charge is -2.02. The van der Waals surface area contributed by atoms with E-state index in [9.17, 15) is 0 Å². The molecule has 0 spiro atoms. The van der Waals surface area contributed by atoms with E-state index < -0.39 is 0 Å². The van der Waals surface area contributed by atoms with Crippen molar-refractivity contribution in [3.8, 4) is 0 Å². The Morgan fingerprint density at radius 2 is 1.47 bits per heavy atom. The van der Waals surface area contributed by atoms with E-state index in [4.69, 9.17) is 0 Å². The average molecular weight is 202 g/mol. The molecule has 0 aliphatic carbocycles. The highest BCUT2D eigenvalue weighted by molar-refractivity contribution is 5.78. The molecule has 2 rings (SSSR count). The SMILES string of the molecule is CC.Cc1ccc2c(C)cc(C)nc2n1. The normalized spacial score (nSPS) is 9.67. The van der Waals surface area contributed by atoms with Crippen molar-refractivity contribution in [2.45, 2.75) is 34.6 Å². The molecule has 2 aromatic rings. The lowest BCUT2D eigenvalue weighted by molar-refractivity contribution is 1.15. The molecule has 0 saturated carbocycles. The molecular formula is C13H18N2. The van der Waals surface area contributed by atoms with Gasteiger partial charge in [-0.2, -0.15) is 0 Å². The minimum absolute atomic E-state index is 0.859. The Kier molecular flexibility index (Phi) is 3.78. The van der Waals surface area contributed by atoms with E-state index in [2.05, 4.69) is 29.0 Å². The Balaban J connectivity index is 0.000000531. The molecule has 0 N–H and O–H groups in total. The van der Waals surface area contributed by atoms with Gasteiger partial charge in [0.05, 0.1) is 0 Å². The second-order valence-electron chi connectivity index (χ2n) is 3.40. The molecule has 80 valence electrons. The van der Waals surface area contributed by atoms with Crippen molar-refractivity contribution in [3.05, 3.63) is 35.2 Å². The van der Waals surface area contributed by atoms with Gasteiger partial charge in [0.25, 0.3) is 0 Å². The maximum Gasteiger partial charge on any atom is 0.159 e. The van der Waals surface area contributed by atoms with Gasteiger partial charge < -0.3 is 0 Å². The fourth-order valence-corrected chi connectivity index (χ4v) is 1.53. The van der Waals surface area contributed by atoms with E-state index in [-0.39, 0.29) is 0 Å². The van der Waals surface area contributed by atoms with Crippen LogP contribution in [0.2, 0.25) is 0 Å². The minimum Gasteiger partial charge on any atom is -0.233 e. The van der Waals surface area contributed by atoms with Gasteiger partial charge in [-0.1, -0.05) is 13.8 Å². The second kappa shape index (κ2) is 4.87. The van der Waals surface area contributed by atoms with E-state index in [1.54, 1.807) is 0 Å². The van der Waals surface area contributed by atoms with Crippen LogP contribution < -0.4 is 0 Å². The number of aromatic nitrogens is 2. The predicted octanol–water partition coefficient (Wildman–Crippen LogP) is 3.58. The summed E-state index contributed by atoms with van der Waals surface area (Å²) in [7, 11) is 0. The molecule has 2 heterocycles. The first-order valence-corrected chi connectivity index (χ1v) is 5.38. The first-order chi connectivity index (χ1) is 7.16. The van der Waals surface area contributed by atoms with E-state index in [0.29, 0.717) is 0 Å². The number of nitrogens with zero attached hydrogens (tertiary/aromatic N) is 2.